The van der Waals surface area contributed by atoms with E-state index < -0.39 is 34.1 Å². The normalized spacial score (nSPS) is 17.9. The molecule has 0 aliphatic carbocycles. The molecule has 2 N–H and O–H groups in total. The average molecular weight is 529 g/mol. The largest absolute Gasteiger partial charge is 0.276 e. The fraction of sp³-hybridized carbons (Fsp3) is 0.263. The summed E-state index contributed by atoms with van der Waals surface area (Å²) >= 11 is 0.901. The number of hydrazone groups is 1. The lowest BCUT2D eigenvalue weighted by molar-refractivity contribution is 0.578. The lowest BCUT2D eigenvalue weighted by atomic mass is 10.2. The van der Waals surface area contributed by atoms with Gasteiger partial charge in [-0.1, -0.05) is 19.4 Å². The minimum atomic E-state index is -4.35. The molecule has 0 spiro atoms. The molecule has 0 amide bonds. The standard InChI is InChI=1S/C19H20N4O6S4/c1-3-4-9-20-33(28,29)13-6-7-15-14(11-13)18(30-23-15)21-22-19-31(24,25)16-8-5-12(2)10-17(16)32(19,26)27/h5-8,10-11,20-21H,3-4,9H2,1-2H3. The molecule has 2 heterocycles. The molecule has 2 aromatic carbocycles. The van der Waals surface area contributed by atoms with Crippen LogP contribution in [0.3, 0.4) is 0 Å². The van der Waals surface area contributed by atoms with Gasteiger partial charge in [-0.3, -0.25) is 5.43 Å². The molecule has 0 fully saturated rings. The number of fused-ring (bicyclic) bond motifs is 2. The maximum atomic E-state index is 12.8. The predicted molar refractivity (Wildman–Crippen MR) is 126 cm³/mol. The van der Waals surface area contributed by atoms with Crippen LogP contribution in [0.2, 0.25) is 0 Å². The third kappa shape index (κ3) is 4.17. The number of aryl methyl sites for hydroxylation is 1. The number of hydrogen-bond donors (Lipinski definition) is 2. The number of benzene rings is 2. The van der Waals surface area contributed by atoms with Crippen molar-refractivity contribution in [1.82, 2.24) is 9.10 Å². The Morgan fingerprint density at radius 2 is 1.76 bits per heavy atom. The predicted octanol–water partition coefficient (Wildman–Crippen LogP) is 2.63. The number of sulfonamides is 1. The first-order valence-corrected chi connectivity index (χ1v) is 15.0. The molecule has 0 radical (unpaired) electrons. The molecule has 176 valence electrons. The Morgan fingerprint density at radius 3 is 2.48 bits per heavy atom. The number of nitrogens with one attached hydrogen (secondary N) is 2. The molecule has 14 heteroatoms. The second-order valence-electron chi connectivity index (χ2n) is 7.39. The van der Waals surface area contributed by atoms with Gasteiger partial charge in [0.05, 0.1) is 20.2 Å². The monoisotopic (exact) mass is 528 g/mol. The van der Waals surface area contributed by atoms with Gasteiger partial charge < -0.3 is 0 Å². The van der Waals surface area contributed by atoms with Gasteiger partial charge in [0.2, 0.25) is 29.7 Å². The minimum absolute atomic E-state index is 0.00555. The van der Waals surface area contributed by atoms with Crippen LogP contribution in [-0.2, 0) is 29.7 Å². The first-order valence-electron chi connectivity index (χ1n) is 9.82. The van der Waals surface area contributed by atoms with E-state index in [1.807, 2.05) is 6.92 Å². The Kier molecular flexibility index (Phi) is 6.07. The highest BCUT2D eigenvalue weighted by Crippen LogP contribution is 2.36. The SMILES string of the molecule is CCCCNS(=O)(=O)c1ccc2nsc(NN=C3S(=O)(=O)c4ccc(C)cc4S3(=O)=O)c2c1. The lowest BCUT2D eigenvalue weighted by Gasteiger charge is -2.06. The molecule has 1 aromatic heterocycles. The van der Waals surface area contributed by atoms with E-state index in [9.17, 15) is 25.3 Å². The van der Waals surface area contributed by atoms with Crippen molar-refractivity contribution < 1.29 is 25.3 Å². The van der Waals surface area contributed by atoms with E-state index in [1.165, 1.54) is 36.4 Å². The first-order chi connectivity index (χ1) is 15.5. The number of nitrogens with zero attached hydrogens (tertiary/aromatic N) is 2. The first kappa shape index (κ1) is 23.8. The molecule has 4 rings (SSSR count). The number of unbranched alkanes of at least 4 members (excludes halogenated alkanes) is 1. The van der Waals surface area contributed by atoms with E-state index >= 15 is 0 Å². The topological polar surface area (TPSA) is 152 Å². The number of sulfone groups is 2. The molecule has 1 aliphatic heterocycles. The van der Waals surface area contributed by atoms with Gasteiger partial charge in [-0.2, -0.15) is 4.37 Å². The highest BCUT2D eigenvalue weighted by atomic mass is 32.3. The Bertz CT molecular complexity index is 1610. The van der Waals surface area contributed by atoms with Crippen molar-refractivity contribution in [3.05, 3.63) is 42.0 Å². The quantitative estimate of drug-likeness (QED) is 0.351. The fourth-order valence-electron chi connectivity index (χ4n) is 3.23. The Morgan fingerprint density at radius 1 is 1.03 bits per heavy atom. The van der Waals surface area contributed by atoms with E-state index in [0.29, 0.717) is 29.4 Å². The zero-order valence-electron chi connectivity index (χ0n) is 17.6. The maximum absolute atomic E-state index is 12.8. The van der Waals surface area contributed by atoms with Gasteiger partial charge in [0.1, 0.15) is 5.00 Å². The van der Waals surface area contributed by atoms with E-state index in [2.05, 4.69) is 19.6 Å². The smallest absolute Gasteiger partial charge is 0.265 e. The van der Waals surface area contributed by atoms with Crippen molar-refractivity contribution in [3.8, 4) is 0 Å². The summed E-state index contributed by atoms with van der Waals surface area (Å²) in [6.07, 6.45) is 1.52. The molecule has 1 aliphatic rings. The molecule has 0 saturated heterocycles. The third-order valence-corrected chi connectivity index (χ3v) is 11.6. The highest BCUT2D eigenvalue weighted by molar-refractivity contribution is 8.33. The van der Waals surface area contributed by atoms with Crippen LogP contribution < -0.4 is 10.1 Å². The molecule has 3 aromatic rings. The van der Waals surface area contributed by atoms with E-state index in [0.717, 1.165) is 18.0 Å². The third-order valence-electron chi connectivity index (χ3n) is 4.97. The van der Waals surface area contributed by atoms with Gasteiger partial charge in [0.15, 0.2) is 0 Å². The van der Waals surface area contributed by atoms with Crippen LogP contribution in [0.25, 0.3) is 10.9 Å². The second-order valence-corrected chi connectivity index (χ2v) is 13.9. The van der Waals surface area contributed by atoms with Gasteiger partial charge in [-0.25, -0.2) is 30.0 Å². The number of hydrogen-bond acceptors (Lipinski definition) is 10. The van der Waals surface area contributed by atoms with Crippen molar-refractivity contribution in [1.29, 1.82) is 0 Å². The van der Waals surface area contributed by atoms with E-state index in [4.69, 9.17) is 0 Å². The van der Waals surface area contributed by atoms with Crippen LogP contribution in [0, 0.1) is 6.92 Å². The van der Waals surface area contributed by atoms with Crippen LogP contribution in [0.5, 0.6) is 0 Å². The molecule has 0 unspecified atom stereocenters. The summed E-state index contributed by atoms with van der Waals surface area (Å²) in [4.78, 5) is -0.635. The summed E-state index contributed by atoms with van der Waals surface area (Å²) < 4.78 is 82.0. The number of anilines is 1. The van der Waals surface area contributed by atoms with Crippen molar-refractivity contribution in [2.45, 2.75) is 41.4 Å². The highest BCUT2D eigenvalue weighted by Gasteiger charge is 2.47. The zero-order chi connectivity index (χ0) is 24.0. The van der Waals surface area contributed by atoms with Gasteiger partial charge >= 0.3 is 0 Å². The molecule has 10 nitrogen and oxygen atoms in total. The summed E-state index contributed by atoms with van der Waals surface area (Å²) in [6, 6.07) is 8.35. The summed E-state index contributed by atoms with van der Waals surface area (Å²) in [7, 11) is -12.4. The second kappa shape index (κ2) is 8.43. The van der Waals surface area contributed by atoms with Crippen LogP contribution >= 0.6 is 11.5 Å². The van der Waals surface area contributed by atoms with Crippen molar-refractivity contribution in [2.75, 3.05) is 12.0 Å². The maximum Gasteiger partial charge on any atom is 0.276 e. The molecule has 0 saturated carbocycles. The van der Waals surface area contributed by atoms with Crippen molar-refractivity contribution >= 4 is 61.5 Å². The molecular formula is C19H20N4O6S4. The van der Waals surface area contributed by atoms with Crippen molar-refractivity contribution in [2.24, 2.45) is 5.10 Å². The number of rotatable bonds is 7. The molecule has 0 bridgehead atoms. The van der Waals surface area contributed by atoms with Gasteiger partial charge in [-0.15, -0.1) is 5.10 Å². The summed E-state index contributed by atoms with van der Waals surface area (Å²) in [6.45, 7) is 3.90. The summed E-state index contributed by atoms with van der Waals surface area (Å²) in [5.74, 6) is 0. The summed E-state index contributed by atoms with van der Waals surface area (Å²) in [5.41, 5.74) is 3.52. The lowest BCUT2D eigenvalue weighted by Crippen LogP contribution is -2.24. The Hall–Kier alpha value is -2.39. The fourth-order valence-corrected chi connectivity index (χ4v) is 9.33. The number of aromatic nitrogens is 1. The van der Waals surface area contributed by atoms with Crippen LogP contribution in [-0.4, -0.2) is 40.5 Å². The van der Waals surface area contributed by atoms with E-state index in [1.54, 1.807) is 6.92 Å². The van der Waals surface area contributed by atoms with E-state index in [-0.39, 0.29) is 19.7 Å². The molecule has 33 heavy (non-hydrogen) atoms. The zero-order valence-corrected chi connectivity index (χ0v) is 20.8. The van der Waals surface area contributed by atoms with Gasteiger partial charge in [-0.05, 0) is 60.8 Å². The van der Waals surface area contributed by atoms with Crippen molar-refractivity contribution in [3.63, 3.8) is 0 Å². The Labute approximate surface area is 195 Å². The average Bonchev–Trinajstić information content (AvgIpc) is 3.21. The molecule has 0 atom stereocenters. The Balaban J connectivity index is 1.72. The van der Waals surface area contributed by atoms with Crippen LogP contribution in [0.1, 0.15) is 25.3 Å². The van der Waals surface area contributed by atoms with Crippen LogP contribution in [0.15, 0.2) is 56.2 Å². The van der Waals surface area contributed by atoms with Gasteiger partial charge in [0.25, 0.3) is 4.38 Å². The molecular weight excluding hydrogens is 508 g/mol. The minimum Gasteiger partial charge on any atom is -0.265 e. The van der Waals surface area contributed by atoms with Crippen LogP contribution in [0.4, 0.5) is 5.00 Å². The van der Waals surface area contributed by atoms with Gasteiger partial charge in [0, 0.05) is 11.9 Å². The summed E-state index contributed by atoms with van der Waals surface area (Å²) in [5, 5.41) is 4.29.